The van der Waals surface area contributed by atoms with Crippen LogP contribution in [0.25, 0.3) is 22.4 Å². The van der Waals surface area contributed by atoms with Gasteiger partial charge in [-0.3, -0.25) is 4.79 Å². The fraction of sp³-hybridized carbons (Fsp3) is 0.176. The number of para-hydroxylation sites is 1. The zero-order valence-corrected chi connectivity index (χ0v) is 12.7. The number of fused-ring (bicyclic) bond motifs is 1. The maximum atomic E-state index is 11.5. The second-order valence-electron chi connectivity index (χ2n) is 5.30. The van der Waals surface area contributed by atoms with Gasteiger partial charge in [0.15, 0.2) is 0 Å². The summed E-state index contributed by atoms with van der Waals surface area (Å²) in [6.45, 7) is 1.48. The first kappa shape index (κ1) is 15.1. The van der Waals surface area contributed by atoms with Crippen LogP contribution in [0.4, 0.5) is 5.69 Å². The Bertz CT molecular complexity index is 840. The highest BCUT2D eigenvalue weighted by molar-refractivity contribution is 6.04. The highest BCUT2D eigenvalue weighted by Gasteiger charge is 2.12. The lowest BCUT2D eigenvalue weighted by Crippen LogP contribution is -2.11. The van der Waals surface area contributed by atoms with E-state index >= 15 is 0 Å². The van der Waals surface area contributed by atoms with Crippen molar-refractivity contribution in [2.45, 2.75) is 6.42 Å². The molecule has 6 heteroatoms. The van der Waals surface area contributed by atoms with Gasteiger partial charge >= 0.3 is 0 Å². The summed E-state index contributed by atoms with van der Waals surface area (Å²) in [7, 11) is 0. The lowest BCUT2D eigenvalue weighted by molar-refractivity contribution is 0.100. The molecule has 6 N–H and O–H groups in total. The Morgan fingerprint density at radius 1 is 1.22 bits per heavy atom. The topological polar surface area (TPSA) is 110 Å². The van der Waals surface area contributed by atoms with Gasteiger partial charge in [-0.05, 0) is 37.2 Å². The van der Waals surface area contributed by atoms with Crippen LogP contribution in [0.1, 0.15) is 16.8 Å². The second-order valence-corrected chi connectivity index (χ2v) is 5.30. The van der Waals surface area contributed by atoms with Crippen LogP contribution < -0.4 is 16.8 Å². The molecule has 1 aromatic heterocycles. The molecule has 0 saturated carbocycles. The highest BCUT2D eigenvalue weighted by atomic mass is 16.1. The predicted molar refractivity (Wildman–Crippen MR) is 92.2 cm³/mol. The van der Waals surface area contributed by atoms with Gasteiger partial charge in [0.05, 0.1) is 11.1 Å². The Kier molecular flexibility index (Phi) is 4.25. The number of aromatic amines is 1. The van der Waals surface area contributed by atoms with Gasteiger partial charge in [0.2, 0.25) is 0 Å². The van der Waals surface area contributed by atoms with E-state index in [0.717, 1.165) is 29.7 Å². The van der Waals surface area contributed by atoms with Gasteiger partial charge in [0, 0.05) is 17.8 Å². The number of nitrogens with two attached hydrogens (primary N) is 2. The molecule has 118 valence electrons. The van der Waals surface area contributed by atoms with Crippen LogP contribution >= 0.6 is 0 Å². The molecule has 1 heterocycles. The van der Waals surface area contributed by atoms with Crippen molar-refractivity contribution in [1.82, 2.24) is 9.97 Å². The van der Waals surface area contributed by atoms with Crippen LogP contribution in [-0.4, -0.2) is 29.0 Å². The lowest BCUT2D eigenvalue weighted by atomic mass is 10.2. The molecule has 2 aromatic carbocycles. The Morgan fingerprint density at radius 2 is 2.04 bits per heavy atom. The van der Waals surface area contributed by atoms with Crippen LogP contribution in [0.2, 0.25) is 0 Å². The molecule has 23 heavy (non-hydrogen) atoms. The standard InChI is InChI=1S/C17H19N5O/c18-8-3-9-20-12-5-1-4-11(10-12)17-21-14-7-2-6-13(16(19)23)15(14)22-17/h1-2,4-7,10,20H,3,8-9,18H2,(H2,19,23)(H,21,22). The smallest absolute Gasteiger partial charge is 0.250 e. The molecular weight excluding hydrogens is 290 g/mol. The molecule has 3 rings (SSSR count). The van der Waals surface area contributed by atoms with Crippen LogP contribution in [0.3, 0.4) is 0 Å². The second kappa shape index (κ2) is 6.50. The first-order valence-electron chi connectivity index (χ1n) is 7.52. The van der Waals surface area contributed by atoms with Crippen molar-refractivity contribution >= 4 is 22.6 Å². The Balaban J connectivity index is 1.95. The average Bonchev–Trinajstić information content (AvgIpc) is 2.99. The van der Waals surface area contributed by atoms with Crippen LogP contribution in [0.15, 0.2) is 42.5 Å². The fourth-order valence-corrected chi connectivity index (χ4v) is 2.48. The zero-order chi connectivity index (χ0) is 16.2. The van der Waals surface area contributed by atoms with Gasteiger partial charge in [0.1, 0.15) is 11.3 Å². The summed E-state index contributed by atoms with van der Waals surface area (Å²) in [5, 5.41) is 3.32. The SMILES string of the molecule is NCCCNc1cccc(-c2nc3c(C(N)=O)cccc3[nH]2)c1. The van der Waals surface area contributed by atoms with E-state index in [4.69, 9.17) is 11.5 Å². The maximum Gasteiger partial charge on any atom is 0.250 e. The minimum atomic E-state index is -0.481. The predicted octanol–water partition coefficient (Wildman–Crippen LogP) is 2.09. The number of anilines is 1. The van der Waals surface area contributed by atoms with Crippen molar-refractivity contribution in [1.29, 1.82) is 0 Å². The number of amides is 1. The highest BCUT2D eigenvalue weighted by Crippen LogP contribution is 2.24. The molecule has 1 amide bonds. The number of nitrogens with one attached hydrogen (secondary N) is 2. The van der Waals surface area contributed by atoms with E-state index in [1.807, 2.05) is 30.3 Å². The molecule has 0 bridgehead atoms. The van der Waals surface area contributed by atoms with E-state index in [1.54, 1.807) is 12.1 Å². The number of imidazole rings is 1. The first-order chi connectivity index (χ1) is 11.2. The number of hydrogen-bond acceptors (Lipinski definition) is 4. The largest absolute Gasteiger partial charge is 0.385 e. The molecule has 6 nitrogen and oxygen atoms in total. The normalized spacial score (nSPS) is 10.8. The number of hydrogen-bond donors (Lipinski definition) is 4. The van der Waals surface area contributed by atoms with Gasteiger partial charge in [-0.2, -0.15) is 0 Å². The Labute approximate surface area is 133 Å². The number of carbonyl (C=O) groups excluding carboxylic acids is 1. The molecule has 3 aromatic rings. The third kappa shape index (κ3) is 3.17. The quantitative estimate of drug-likeness (QED) is 0.523. The summed E-state index contributed by atoms with van der Waals surface area (Å²) in [5.74, 6) is 0.224. The van der Waals surface area contributed by atoms with E-state index in [2.05, 4.69) is 15.3 Å². The minimum Gasteiger partial charge on any atom is -0.385 e. The summed E-state index contributed by atoms with van der Waals surface area (Å²) in [5.41, 5.74) is 14.7. The van der Waals surface area contributed by atoms with Crippen molar-refractivity contribution in [3.63, 3.8) is 0 Å². The molecular formula is C17H19N5O. The van der Waals surface area contributed by atoms with E-state index in [1.165, 1.54) is 0 Å². The van der Waals surface area contributed by atoms with Gasteiger partial charge in [0.25, 0.3) is 5.91 Å². The molecule has 0 fully saturated rings. The Morgan fingerprint density at radius 3 is 2.83 bits per heavy atom. The van der Waals surface area contributed by atoms with Gasteiger partial charge in [-0.1, -0.05) is 18.2 Å². The number of carbonyl (C=O) groups is 1. The molecule has 0 atom stereocenters. The van der Waals surface area contributed by atoms with E-state index in [0.29, 0.717) is 23.4 Å². The van der Waals surface area contributed by atoms with Gasteiger partial charge in [-0.15, -0.1) is 0 Å². The first-order valence-corrected chi connectivity index (χ1v) is 7.52. The summed E-state index contributed by atoms with van der Waals surface area (Å²) in [6, 6.07) is 13.3. The molecule has 0 aliphatic heterocycles. The van der Waals surface area contributed by atoms with E-state index < -0.39 is 5.91 Å². The summed E-state index contributed by atoms with van der Waals surface area (Å²) < 4.78 is 0. The van der Waals surface area contributed by atoms with Crippen LogP contribution in [0, 0.1) is 0 Å². The molecule has 0 radical (unpaired) electrons. The molecule has 0 spiro atoms. The average molecular weight is 309 g/mol. The number of primary amides is 1. The monoisotopic (exact) mass is 309 g/mol. The molecule has 0 aliphatic rings. The van der Waals surface area contributed by atoms with Crippen molar-refractivity contribution in [2.75, 3.05) is 18.4 Å². The van der Waals surface area contributed by atoms with Gasteiger partial charge < -0.3 is 21.8 Å². The van der Waals surface area contributed by atoms with Crippen molar-refractivity contribution in [2.24, 2.45) is 11.5 Å². The third-order valence-electron chi connectivity index (χ3n) is 3.62. The van der Waals surface area contributed by atoms with Crippen LogP contribution in [-0.2, 0) is 0 Å². The van der Waals surface area contributed by atoms with Crippen molar-refractivity contribution < 1.29 is 4.79 Å². The zero-order valence-electron chi connectivity index (χ0n) is 12.7. The van der Waals surface area contributed by atoms with Crippen LogP contribution in [0.5, 0.6) is 0 Å². The summed E-state index contributed by atoms with van der Waals surface area (Å²) >= 11 is 0. The number of rotatable bonds is 6. The number of H-pyrrole nitrogens is 1. The molecule has 0 unspecified atom stereocenters. The Hall–Kier alpha value is -2.86. The van der Waals surface area contributed by atoms with Crippen molar-refractivity contribution in [3.05, 3.63) is 48.0 Å². The molecule has 0 saturated heterocycles. The summed E-state index contributed by atoms with van der Waals surface area (Å²) in [6.07, 6.45) is 0.914. The fourth-order valence-electron chi connectivity index (χ4n) is 2.48. The number of nitrogens with zero attached hydrogens (tertiary/aromatic N) is 1. The number of benzene rings is 2. The van der Waals surface area contributed by atoms with E-state index in [-0.39, 0.29) is 0 Å². The summed E-state index contributed by atoms with van der Waals surface area (Å²) in [4.78, 5) is 19.3. The number of aromatic nitrogens is 2. The minimum absolute atomic E-state index is 0.419. The van der Waals surface area contributed by atoms with Crippen molar-refractivity contribution in [3.8, 4) is 11.4 Å². The van der Waals surface area contributed by atoms with E-state index in [9.17, 15) is 4.79 Å². The van der Waals surface area contributed by atoms with Gasteiger partial charge in [-0.25, -0.2) is 4.98 Å². The maximum absolute atomic E-state index is 11.5. The lowest BCUT2D eigenvalue weighted by Gasteiger charge is -2.06. The third-order valence-corrected chi connectivity index (χ3v) is 3.62. The molecule has 0 aliphatic carbocycles.